The van der Waals surface area contributed by atoms with Gasteiger partial charge in [-0.05, 0) is 17.7 Å². The van der Waals surface area contributed by atoms with Gasteiger partial charge in [0.15, 0.2) is 0 Å². The Hall–Kier alpha value is -3.61. The van der Waals surface area contributed by atoms with Crippen molar-refractivity contribution in [2.24, 2.45) is 5.73 Å². The summed E-state index contributed by atoms with van der Waals surface area (Å²) in [6.07, 6.45) is 5.00. The minimum Gasteiger partial charge on any atom is -0.366 e. The number of nitrogens with zero attached hydrogens (tertiary/aromatic N) is 1. The van der Waals surface area contributed by atoms with E-state index in [0.717, 1.165) is 0 Å². The Bertz CT molecular complexity index is 960. The molecule has 0 unspecified atom stereocenters. The molecule has 2 aromatic heterocycles. The lowest BCUT2D eigenvalue weighted by Gasteiger charge is -2.07. The number of nitrogens with two attached hydrogens (primary N) is 1. The molecule has 1 aromatic carbocycles. The highest BCUT2D eigenvalue weighted by Gasteiger charge is 2.13. The van der Waals surface area contributed by atoms with E-state index in [2.05, 4.69) is 20.6 Å². The number of aromatic nitrogens is 2. The standard InChI is InChI=1S/C18H17N5O2/c1-20-18(25)23-14-7-8-21-17-15(14)12(10-22-17)9-13(16(19)24)11-5-3-2-4-6-11/h2-10H,1H3,(H2,19,24)(H3,20,21,22,23,25). The number of carbonyl (C=O) groups is 2. The normalized spacial score (nSPS) is 11.3. The summed E-state index contributed by atoms with van der Waals surface area (Å²) < 4.78 is 0. The van der Waals surface area contributed by atoms with Crippen LogP contribution < -0.4 is 16.4 Å². The van der Waals surface area contributed by atoms with E-state index in [-0.39, 0.29) is 6.03 Å². The number of urea groups is 1. The van der Waals surface area contributed by atoms with E-state index in [1.54, 1.807) is 24.5 Å². The first-order chi connectivity index (χ1) is 12.1. The molecule has 3 amide bonds. The van der Waals surface area contributed by atoms with Crippen LogP contribution in [0, 0.1) is 0 Å². The van der Waals surface area contributed by atoms with E-state index in [9.17, 15) is 9.59 Å². The van der Waals surface area contributed by atoms with Crippen molar-refractivity contribution < 1.29 is 9.59 Å². The summed E-state index contributed by atoms with van der Waals surface area (Å²) in [5.74, 6) is -0.537. The van der Waals surface area contributed by atoms with Crippen molar-refractivity contribution >= 4 is 40.3 Å². The van der Waals surface area contributed by atoms with Crippen LogP contribution in [0.5, 0.6) is 0 Å². The van der Waals surface area contributed by atoms with E-state index >= 15 is 0 Å². The molecule has 0 saturated carbocycles. The highest BCUT2D eigenvalue weighted by atomic mass is 16.2. The number of hydrogen-bond donors (Lipinski definition) is 4. The van der Waals surface area contributed by atoms with Crippen molar-refractivity contribution in [1.29, 1.82) is 0 Å². The fourth-order valence-electron chi connectivity index (χ4n) is 2.55. The molecule has 0 aliphatic heterocycles. The van der Waals surface area contributed by atoms with Gasteiger partial charge < -0.3 is 21.4 Å². The molecule has 2 heterocycles. The molecule has 25 heavy (non-hydrogen) atoms. The minimum atomic E-state index is -0.537. The molecular weight excluding hydrogens is 318 g/mol. The highest BCUT2D eigenvalue weighted by Crippen LogP contribution is 2.28. The second-order valence-electron chi connectivity index (χ2n) is 5.32. The summed E-state index contributed by atoms with van der Waals surface area (Å²) in [6.45, 7) is 0. The van der Waals surface area contributed by atoms with Crippen LogP contribution in [0.2, 0.25) is 0 Å². The Balaban J connectivity index is 2.14. The van der Waals surface area contributed by atoms with Gasteiger partial charge in [0.1, 0.15) is 5.65 Å². The molecule has 0 radical (unpaired) electrons. The monoisotopic (exact) mass is 335 g/mol. The maximum absolute atomic E-state index is 11.9. The number of rotatable bonds is 4. The van der Waals surface area contributed by atoms with Gasteiger partial charge in [0.25, 0.3) is 0 Å². The van der Waals surface area contributed by atoms with Crippen LogP contribution >= 0.6 is 0 Å². The molecular formula is C18H17N5O2. The van der Waals surface area contributed by atoms with E-state index in [1.807, 2.05) is 30.3 Å². The summed E-state index contributed by atoms with van der Waals surface area (Å²) in [7, 11) is 1.53. The molecule has 0 spiro atoms. The van der Waals surface area contributed by atoms with Crippen molar-refractivity contribution in [2.45, 2.75) is 0 Å². The first kappa shape index (κ1) is 16.3. The van der Waals surface area contributed by atoms with Crippen molar-refractivity contribution in [3.8, 4) is 0 Å². The first-order valence-corrected chi connectivity index (χ1v) is 7.62. The number of aromatic amines is 1. The third-order valence-electron chi connectivity index (χ3n) is 3.73. The second kappa shape index (κ2) is 6.88. The largest absolute Gasteiger partial charge is 0.366 e. The Morgan fingerprint density at radius 1 is 1.20 bits per heavy atom. The molecule has 0 aliphatic carbocycles. The molecule has 0 atom stereocenters. The summed E-state index contributed by atoms with van der Waals surface area (Å²) in [5, 5.41) is 5.95. The van der Waals surface area contributed by atoms with Crippen molar-refractivity contribution in [1.82, 2.24) is 15.3 Å². The fraction of sp³-hybridized carbons (Fsp3) is 0.0556. The minimum absolute atomic E-state index is 0.346. The summed E-state index contributed by atoms with van der Waals surface area (Å²) >= 11 is 0. The summed E-state index contributed by atoms with van der Waals surface area (Å²) in [5.41, 5.74) is 8.52. The van der Waals surface area contributed by atoms with Crippen LogP contribution in [0.3, 0.4) is 0 Å². The fourth-order valence-corrected chi connectivity index (χ4v) is 2.55. The maximum atomic E-state index is 11.9. The molecule has 7 nitrogen and oxygen atoms in total. The number of H-pyrrole nitrogens is 1. The maximum Gasteiger partial charge on any atom is 0.318 e. The van der Waals surface area contributed by atoms with Gasteiger partial charge in [-0.2, -0.15) is 0 Å². The Kier molecular flexibility index (Phi) is 4.47. The van der Waals surface area contributed by atoms with Gasteiger partial charge in [-0.1, -0.05) is 30.3 Å². The first-order valence-electron chi connectivity index (χ1n) is 7.62. The Morgan fingerprint density at radius 3 is 2.64 bits per heavy atom. The van der Waals surface area contributed by atoms with Gasteiger partial charge in [-0.15, -0.1) is 0 Å². The number of fused-ring (bicyclic) bond motifs is 1. The smallest absolute Gasteiger partial charge is 0.318 e. The lowest BCUT2D eigenvalue weighted by Crippen LogP contribution is -2.24. The van der Waals surface area contributed by atoms with E-state index in [0.29, 0.717) is 33.4 Å². The molecule has 0 aliphatic rings. The van der Waals surface area contributed by atoms with Gasteiger partial charge in [0, 0.05) is 36.0 Å². The number of carbonyl (C=O) groups excluding carboxylic acids is 2. The zero-order valence-electron chi connectivity index (χ0n) is 13.5. The summed E-state index contributed by atoms with van der Waals surface area (Å²) in [6, 6.07) is 10.5. The van der Waals surface area contributed by atoms with Gasteiger partial charge in [-0.25, -0.2) is 9.78 Å². The highest BCUT2D eigenvalue weighted by molar-refractivity contribution is 6.24. The number of pyridine rings is 1. The van der Waals surface area contributed by atoms with Crippen molar-refractivity contribution in [3.05, 3.63) is 59.9 Å². The number of hydrogen-bond acceptors (Lipinski definition) is 3. The van der Waals surface area contributed by atoms with Crippen LogP contribution in [0.4, 0.5) is 10.5 Å². The Labute approximate surface area is 143 Å². The van der Waals surface area contributed by atoms with E-state index in [1.165, 1.54) is 7.05 Å². The number of benzene rings is 1. The van der Waals surface area contributed by atoms with Crippen LogP contribution in [-0.4, -0.2) is 29.0 Å². The average molecular weight is 335 g/mol. The lowest BCUT2D eigenvalue weighted by atomic mass is 10.0. The predicted octanol–water partition coefficient (Wildman–Crippen LogP) is 2.34. The van der Waals surface area contributed by atoms with Crippen LogP contribution in [-0.2, 0) is 4.79 Å². The zero-order chi connectivity index (χ0) is 17.8. The quantitative estimate of drug-likeness (QED) is 0.549. The van der Waals surface area contributed by atoms with Gasteiger partial charge in [-0.3, -0.25) is 4.79 Å². The van der Waals surface area contributed by atoms with E-state index in [4.69, 9.17) is 5.73 Å². The topological polar surface area (TPSA) is 113 Å². The molecule has 7 heteroatoms. The SMILES string of the molecule is CNC(=O)Nc1ccnc2[nH]cc(C=C(C(N)=O)c3ccccc3)c12. The number of amides is 3. The molecule has 0 saturated heterocycles. The Morgan fingerprint density at radius 2 is 1.96 bits per heavy atom. The van der Waals surface area contributed by atoms with Crippen LogP contribution in [0.25, 0.3) is 22.7 Å². The van der Waals surface area contributed by atoms with Gasteiger partial charge in [0.05, 0.1) is 5.69 Å². The summed E-state index contributed by atoms with van der Waals surface area (Å²) in [4.78, 5) is 30.9. The van der Waals surface area contributed by atoms with Crippen molar-refractivity contribution in [3.63, 3.8) is 0 Å². The third kappa shape index (κ3) is 3.35. The molecule has 0 bridgehead atoms. The number of anilines is 1. The molecule has 0 fully saturated rings. The molecule has 126 valence electrons. The molecule has 5 N–H and O–H groups in total. The van der Waals surface area contributed by atoms with Crippen molar-refractivity contribution in [2.75, 3.05) is 12.4 Å². The van der Waals surface area contributed by atoms with Gasteiger partial charge >= 0.3 is 6.03 Å². The van der Waals surface area contributed by atoms with Crippen LogP contribution in [0.1, 0.15) is 11.1 Å². The lowest BCUT2D eigenvalue weighted by molar-refractivity contribution is -0.112. The van der Waals surface area contributed by atoms with Crippen LogP contribution in [0.15, 0.2) is 48.8 Å². The molecule has 3 rings (SSSR count). The third-order valence-corrected chi connectivity index (χ3v) is 3.73. The number of nitrogens with one attached hydrogen (secondary N) is 3. The predicted molar refractivity (Wildman–Crippen MR) is 97.7 cm³/mol. The zero-order valence-corrected chi connectivity index (χ0v) is 13.5. The van der Waals surface area contributed by atoms with Gasteiger partial charge in [0.2, 0.25) is 5.91 Å². The average Bonchev–Trinajstić information content (AvgIpc) is 3.04. The van der Waals surface area contributed by atoms with E-state index < -0.39 is 5.91 Å². The second-order valence-corrected chi connectivity index (χ2v) is 5.32. The number of primary amides is 1. The molecule has 3 aromatic rings.